The van der Waals surface area contributed by atoms with Gasteiger partial charge in [-0.15, -0.1) is 0 Å². The molecule has 0 bridgehead atoms. The van der Waals surface area contributed by atoms with Crippen molar-refractivity contribution in [3.8, 4) is 0 Å². The Balaban J connectivity index is 1.59. The van der Waals surface area contributed by atoms with Crippen LogP contribution in [-0.4, -0.2) is 25.2 Å². The number of carbonyl (C=O) groups is 2. The lowest BCUT2D eigenvalue weighted by Crippen LogP contribution is -2.45. The Bertz CT molecular complexity index is 1100. The number of ketones is 2. The maximum absolute atomic E-state index is 14.2. The van der Waals surface area contributed by atoms with Crippen molar-refractivity contribution >= 4 is 17.3 Å². The van der Waals surface area contributed by atoms with E-state index in [1.807, 2.05) is 87.6 Å². The van der Waals surface area contributed by atoms with E-state index < -0.39 is 10.8 Å². The second-order valence-electron chi connectivity index (χ2n) is 9.55. The van der Waals surface area contributed by atoms with Gasteiger partial charge in [0.25, 0.3) is 0 Å². The fourth-order valence-electron chi connectivity index (χ4n) is 6.35. The highest BCUT2D eigenvalue weighted by molar-refractivity contribution is 6.10. The van der Waals surface area contributed by atoms with Crippen LogP contribution in [0.1, 0.15) is 25.0 Å². The van der Waals surface area contributed by atoms with Crippen LogP contribution in [0.25, 0.3) is 0 Å². The molecule has 162 valence electrons. The molecule has 0 amide bonds. The SMILES string of the molecule is C[C@H]1C(=O)[C@H]2C(c3ccccc3)(c3ccccc3)[C@@]2(C)C(=O)[C@@H]1CN(C)c1ccccc1. The molecule has 2 fully saturated rings. The van der Waals surface area contributed by atoms with Crippen LogP contribution in [0.2, 0.25) is 0 Å². The first-order valence-corrected chi connectivity index (χ1v) is 11.4. The van der Waals surface area contributed by atoms with Gasteiger partial charge >= 0.3 is 0 Å². The minimum atomic E-state index is -0.735. The van der Waals surface area contributed by atoms with Gasteiger partial charge in [-0.25, -0.2) is 0 Å². The topological polar surface area (TPSA) is 37.4 Å². The third kappa shape index (κ3) is 2.67. The van der Waals surface area contributed by atoms with Crippen molar-refractivity contribution in [3.63, 3.8) is 0 Å². The van der Waals surface area contributed by atoms with Crippen molar-refractivity contribution in [2.75, 3.05) is 18.5 Å². The van der Waals surface area contributed by atoms with Crippen molar-refractivity contribution in [1.29, 1.82) is 0 Å². The lowest BCUT2D eigenvalue weighted by Gasteiger charge is -2.34. The summed E-state index contributed by atoms with van der Waals surface area (Å²) in [6.45, 7) is 4.51. The Morgan fingerprint density at radius 2 is 1.25 bits per heavy atom. The normalized spacial score (nSPS) is 28.2. The van der Waals surface area contributed by atoms with Crippen LogP contribution in [-0.2, 0) is 15.0 Å². The molecule has 4 atom stereocenters. The van der Waals surface area contributed by atoms with E-state index in [-0.39, 0.29) is 29.3 Å². The molecule has 3 aromatic rings. The molecule has 3 heteroatoms. The molecule has 0 N–H and O–H groups in total. The maximum atomic E-state index is 14.2. The Kier molecular flexibility index (Phi) is 4.81. The number of hydrogen-bond donors (Lipinski definition) is 0. The molecule has 0 spiro atoms. The van der Waals surface area contributed by atoms with Crippen LogP contribution in [0.5, 0.6) is 0 Å². The number of fused-ring (bicyclic) bond motifs is 1. The van der Waals surface area contributed by atoms with Crippen molar-refractivity contribution in [1.82, 2.24) is 0 Å². The summed E-state index contributed by atoms with van der Waals surface area (Å²) in [4.78, 5) is 30.1. The van der Waals surface area contributed by atoms with Crippen LogP contribution in [0, 0.1) is 23.2 Å². The molecule has 32 heavy (non-hydrogen) atoms. The van der Waals surface area contributed by atoms with Crippen LogP contribution in [0.4, 0.5) is 5.69 Å². The fraction of sp³-hybridized carbons (Fsp3) is 0.310. The number of hydrogen-bond acceptors (Lipinski definition) is 3. The van der Waals surface area contributed by atoms with Crippen LogP contribution < -0.4 is 4.90 Å². The Morgan fingerprint density at radius 1 is 0.781 bits per heavy atom. The van der Waals surface area contributed by atoms with E-state index in [9.17, 15) is 9.59 Å². The Morgan fingerprint density at radius 3 is 1.75 bits per heavy atom. The highest BCUT2D eigenvalue weighted by atomic mass is 16.1. The summed E-state index contributed by atoms with van der Waals surface area (Å²) in [7, 11) is 2.00. The quantitative estimate of drug-likeness (QED) is 0.570. The van der Waals surface area contributed by atoms with Crippen LogP contribution in [0.15, 0.2) is 91.0 Å². The van der Waals surface area contributed by atoms with Crippen LogP contribution >= 0.6 is 0 Å². The van der Waals surface area contributed by atoms with Gasteiger partial charge in [0.1, 0.15) is 11.6 Å². The van der Waals surface area contributed by atoms with Crippen molar-refractivity contribution < 1.29 is 9.59 Å². The molecule has 2 aliphatic carbocycles. The maximum Gasteiger partial charge on any atom is 0.146 e. The summed E-state index contributed by atoms with van der Waals surface area (Å²) >= 11 is 0. The summed E-state index contributed by atoms with van der Waals surface area (Å²) < 4.78 is 0. The van der Waals surface area contributed by atoms with Crippen molar-refractivity contribution in [2.45, 2.75) is 19.3 Å². The van der Waals surface area contributed by atoms with Gasteiger partial charge in [-0.2, -0.15) is 0 Å². The second-order valence-corrected chi connectivity index (χ2v) is 9.55. The highest BCUT2D eigenvalue weighted by Crippen LogP contribution is 2.76. The van der Waals surface area contributed by atoms with E-state index in [0.29, 0.717) is 6.54 Å². The molecule has 0 aromatic heterocycles. The molecule has 0 radical (unpaired) electrons. The third-order valence-electron chi connectivity index (χ3n) is 8.06. The van der Waals surface area contributed by atoms with E-state index in [1.165, 1.54) is 0 Å². The fourth-order valence-corrected chi connectivity index (χ4v) is 6.35. The third-order valence-corrected chi connectivity index (χ3v) is 8.06. The van der Waals surface area contributed by atoms with E-state index in [4.69, 9.17) is 0 Å². The molecule has 0 unspecified atom stereocenters. The van der Waals surface area contributed by atoms with E-state index in [0.717, 1.165) is 16.8 Å². The predicted molar refractivity (Wildman–Crippen MR) is 128 cm³/mol. The molecule has 3 aromatic carbocycles. The smallest absolute Gasteiger partial charge is 0.146 e. The lowest BCUT2D eigenvalue weighted by molar-refractivity contribution is -0.141. The summed E-state index contributed by atoms with van der Waals surface area (Å²) in [5.41, 5.74) is 1.84. The van der Waals surface area contributed by atoms with Gasteiger partial charge in [0, 0.05) is 42.4 Å². The Hall–Kier alpha value is -3.20. The van der Waals surface area contributed by atoms with E-state index in [1.54, 1.807) is 0 Å². The molecule has 0 heterocycles. The highest BCUT2D eigenvalue weighted by Gasteiger charge is 2.83. The van der Waals surface area contributed by atoms with Crippen molar-refractivity contribution in [2.24, 2.45) is 23.2 Å². The minimum absolute atomic E-state index is 0.213. The number of carbonyl (C=O) groups excluding carboxylic acids is 2. The van der Waals surface area contributed by atoms with Gasteiger partial charge < -0.3 is 4.90 Å². The summed E-state index contributed by atoms with van der Waals surface area (Å²) in [5.74, 6) is -0.527. The predicted octanol–water partition coefficient (Wildman–Crippen LogP) is 5.15. The summed E-state index contributed by atoms with van der Waals surface area (Å²) in [5, 5.41) is 0. The van der Waals surface area contributed by atoms with Gasteiger partial charge in [-0.3, -0.25) is 9.59 Å². The molecule has 3 nitrogen and oxygen atoms in total. The molecule has 2 aliphatic rings. The Labute approximate surface area is 190 Å². The lowest BCUT2D eigenvalue weighted by atomic mass is 9.72. The standard InChI is InChI=1S/C29H29NO2/c1-20-24(19-30(3)23-17-11-6-12-18-23)27(32)28(2)26(25(20)31)29(28,21-13-7-4-8-14-21)22-15-9-5-10-16-22/h4-18,20,24,26H,19H2,1-3H3/t20-,24-,26-,28-/m1/s1. The first-order chi connectivity index (χ1) is 15.4. The number of anilines is 1. The van der Waals surface area contributed by atoms with Gasteiger partial charge in [-0.1, -0.05) is 92.7 Å². The largest absolute Gasteiger partial charge is 0.374 e. The van der Waals surface area contributed by atoms with Gasteiger partial charge in [0.2, 0.25) is 0 Å². The average molecular weight is 424 g/mol. The van der Waals surface area contributed by atoms with Gasteiger partial charge in [0.05, 0.1) is 5.41 Å². The first kappa shape index (κ1) is 20.7. The van der Waals surface area contributed by atoms with Crippen LogP contribution in [0.3, 0.4) is 0 Å². The average Bonchev–Trinajstić information content (AvgIpc) is 3.44. The number of para-hydroxylation sites is 1. The molecule has 0 aliphatic heterocycles. The minimum Gasteiger partial charge on any atom is -0.374 e. The number of rotatable bonds is 5. The van der Waals surface area contributed by atoms with Crippen molar-refractivity contribution in [3.05, 3.63) is 102 Å². The monoisotopic (exact) mass is 423 g/mol. The zero-order chi connectivity index (χ0) is 22.5. The van der Waals surface area contributed by atoms with E-state index in [2.05, 4.69) is 29.2 Å². The molecule has 5 rings (SSSR count). The van der Waals surface area contributed by atoms with Gasteiger partial charge in [-0.05, 0) is 23.3 Å². The number of nitrogens with zero attached hydrogens (tertiary/aromatic N) is 1. The molecule has 2 saturated carbocycles. The molecular formula is C29H29NO2. The zero-order valence-corrected chi connectivity index (χ0v) is 18.9. The molecular weight excluding hydrogens is 394 g/mol. The number of benzene rings is 3. The van der Waals surface area contributed by atoms with Gasteiger partial charge in [0.15, 0.2) is 0 Å². The van der Waals surface area contributed by atoms with E-state index >= 15 is 0 Å². The molecule has 0 saturated heterocycles. The summed E-state index contributed by atoms with van der Waals surface area (Å²) in [6.07, 6.45) is 0. The zero-order valence-electron chi connectivity index (χ0n) is 18.9. The first-order valence-electron chi connectivity index (χ1n) is 11.4. The second kappa shape index (κ2) is 7.44. The number of Topliss-reactive ketones (excluding diaryl/α,β-unsaturated/α-hetero) is 2. The summed E-state index contributed by atoms with van der Waals surface area (Å²) in [6, 6.07) is 30.4.